The molecule has 2 aromatic carbocycles. The minimum Gasteiger partial charge on any atom is -0.456 e. The van der Waals surface area contributed by atoms with Gasteiger partial charge in [-0.15, -0.1) is 0 Å². The molecule has 1 aliphatic carbocycles. The first kappa shape index (κ1) is 19.8. The number of rotatable bonds is 3. The number of nitrogens with zero attached hydrogens (tertiary/aromatic N) is 1. The largest absolute Gasteiger partial charge is 0.456 e. The molecule has 0 saturated carbocycles. The van der Waals surface area contributed by atoms with Crippen LogP contribution in [-0.4, -0.2) is 26.7 Å². The molecule has 1 aromatic heterocycles. The maximum Gasteiger partial charge on any atom is 0.446 e. The minimum atomic E-state index is -4.77. The van der Waals surface area contributed by atoms with Crippen LogP contribution in [-0.2, 0) is 6.42 Å². The van der Waals surface area contributed by atoms with E-state index in [1.54, 1.807) is 0 Å². The zero-order chi connectivity index (χ0) is 21.1. The normalized spacial score (nSPS) is 18.3. The summed E-state index contributed by atoms with van der Waals surface area (Å²) in [7, 11) is 0. The lowest BCUT2D eigenvalue weighted by Gasteiger charge is -2.17. The number of aliphatic hydroxyl groups is 1. The Hall–Kier alpha value is -2.47. The molecule has 154 valence electrons. The van der Waals surface area contributed by atoms with Crippen LogP contribution in [0.15, 0.2) is 29.3 Å². The van der Waals surface area contributed by atoms with E-state index in [9.17, 15) is 35.8 Å². The highest BCUT2D eigenvalue weighted by molar-refractivity contribution is 8.00. The number of alkyl halides is 5. The summed E-state index contributed by atoms with van der Waals surface area (Å²) in [5.74, 6) is -6.84. The van der Waals surface area contributed by atoms with Crippen molar-refractivity contribution < 1.29 is 40.6 Å². The molecule has 0 aliphatic heterocycles. The maximum absolute atomic E-state index is 14.1. The fraction of sp³-hybridized carbons (Fsp3) is 0.235. The van der Waals surface area contributed by atoms with E-state index < -0.39 is 57.8 Å². The summed E-state index contributed by atoms with van der Waals surface area (Å²) in [6.07, 6.45) is -2.43. The van der Waals surface area contributed by atoms with Gasteiger partial charge in [0, 0.05) is 28.5 Å². The van der Waals surface area contributed by atoms with Crippen molar-refractivity contribution in [2.45, 2.75) is 28.9 Å². The lowest BCUT2D eigenvalue weighted by Crippen LogP contribution is -2.21. The molecule has 29 heavy (non-hydrogen) atoms. The summed E-state index contributed by atoms with van der Waals surface area (Å²) in [6, 6.07) is 2.55. The molecule has 1 atom stereocenters. The highest BCUT2D eigenvalue weighted by Gasteiger charge is 2.50. The van der Waals surface area contributed by atoms with Gasteiger partial charge in [-0.25, -0.2) is 17.6 Å². The van der Waals surface area contributed by atoms with Gasteiger partial charge >= 0.3 is 5.51 Å². The number of aliphatic hydroxyl groups excluding tert-OH is 1. The van der Waals surface area contributed by atoms with Crippen molar-refractivity contribution in [1.29, 1.82) is 0 Å². The summed E-state index contributed by atoms with van der Waals surface area (Å²) in [5.41, 5.74) is -6.05. The topological polar surface area (TPSA) is 58.1 Å². The highest BCUT2D eigenvalue weighted by Crippen LogP contribution is 2.53. The summed E-state index contributed by atoms with van der Waals surface area (Å²) < 4.78 is 99.5. The summed E-state index contributed by atoms with van der Waals surface area (Å²) >= 11 is -0.640. The fourth-order valence-electron chi connectivity index (χ4n) is 3.18. The number of aromatic nitrogens is 2. The summed E-state index contributed by atoms with van der Waals surface area (Å²) in [6.45, 7) is 0. The van der Waals surface area contributed by atoms with E-state index in [-0.39, 0.29) is 28.0 Å². The first-order valence-corrected chi connectivity index (χ1v) is 8.76. The molecule has 2 N–H and O–H groups in total. The Morgan fingerprint density at radius 1 is 1.21 bits per heavy atom. The molecule has 0 bridgehead atoms. The Morgan fingerprint density at radius 3 is 2.62 bits per heavy atom. The number of thioether (sulfide) groups is 1. The Morgan fingerprint density at radius 2 is 1.93 bits per heavy atom. The zero-order valence-corrected chi connectivity index (χ0v) is 14.8. The van der Waals surface area contributed by atoms with Gasteiger partial charge in [0.15, 0.2) is 11.6 Å². The third-order valence-electron chi connectivity index (χ3n) is 4.40. The first-order chi connectivity index (χ1) is 13.5. The third kappa shape index (κ3) is 3.39. The number of H-pyrrole nitrogens is 1. The van der Waals surface area contributed by atoms with Crippen LogP contribution in [0.1, 0.15) is 17.2 Å². The van der Waals surface area contributed by atoms with E-state index in [0.717, 1.165) is 18.3 Å². The number of aromatic amines is 1. The van der Waals surface area contributed by atoms with Crippen LogP contribution in [0.5, 0.6) is 11.5 Å². The van der Waals surface area contributed by atoms with Gasteiger partial charge in [-0.3, -0.25) is 5.10 Å². The van der Waals surface area contributed by atoms with Crippen molar-refractivity contribution in [2.24, 2.45) is 0 Å². The minimum absolute atomic E-state index is 0.00306. The molecule has 3 aromatic rings. The number of halogens is 7. The van der Waals surface area contributed by atoms with Gasteiger partial charge in [-0.1, -0.05) is 0 Å². The molecule has 1 aliphatic rings. The first-order valence-electron chi connectivity index (χ1n) is 7.94. The lowest BCUT2D eigenvalue weighted by atomic mass is 10.1. The molecule has 4 rings (SSSR count). The van der Waals surface area contributed by atoms with Crippen LogP contribution >= 0.6 is 11.8 Å². The Balaban J connectivity index is 1.83. The van der Waals surface area contributed by atoms with E-state index in [2.05, 4.69) is 10.2 Å². The predicted molar refractivity (Wildman–Crippen MR) is 88.0 cm³/mol. The number of fused-ring (bicyclic) bond motifs is 2. The van der Waals surface area contributed by atoms with Crippen molar-refractivity contribution in [3.63, 3.8) is 0 Å². The van der Waals surface area contributed by atoms with Gasteiger partial charge in [-0.2, -0.15) is 18.3 Å². The standard InChI is InChI=1S/C17H9F7N2O2S/c18-8-3-10(7-5-25-26-14(7)13(8)19)28-9-1-2-11(29-17(22,23)24)12-6(9)4-16(20,21)15(12)27/h1-3,5,15,27H,4H2,(H,25,26). The number of benzene rings is 2. The molecule has 12 heteroatoms. The quantitative estimate of drug-likeness (QED) is 0.421. The highest BCUT2D eigenvalue weighted by atomic mass is 32.2. The molecule has 0 fully saturated rings. The maximum atomic E-state index is 14.1. The summed E-state index contributed by atoms with van der Waals surface area (Å²) in [5, 5.41) is 15.7. The van der Waals surface area contributed by atoms with Crippen molar-refractivity contribution in [3.05, 3.63) is 47.2 Å². The molecular formula is C17H9F7N2O2S. The summed E-state index contributed by atoms with van der Waals surface area (Å²) in [4.78, 5) is -0.594. The van der Waals surface area contributed by atoms with E-state index >= 15 is 0 Å². The fourth-order valence-corrected chi connectivity index (χ4v) is 3.91. The van der Waals surface area contributed by atoms with Gasteiger partial charge in [0.05, 0.1) is 11.6 Å². The molecule has 4 nitrogen and oxygen atoms in total. The van der Waals surface area contributed by atoms with E-state index in [0.29, 0.717) is 6.07 Å². The molecule has 1 unspecified atom stereocenters. The number of ether oxygens (including phenoxy) is 1. The van der Waals surface area contributed by atoms with Crippen LogP contribution in [0, 0.1) is 11.6 Å². The van der Waals surface area contributed by atoms with Crippen LogP contribution in [0.4, 0.5) is 30.7 Å². The SMILES string of the molecule is OC1c2c(SC(F)(F)F)ccc(Oc3cc(F)c(F)c4[nH]ncc34)c2CC1(F)F. The van der Waals surface area contributed by atoms with Crippen molar-refractivity contribution in [3.8, 4) is 11.5 Å². The smallest absolute Gasteiger partial charge is 0.446 e. The van der Waals surface area contributed by atoms with Gasteiger partial charge in [0.2, 0.25) is 0 Å². The number of hydrogen-bond donors (Lipinski definition) is 2. The van der Waals surface area contributed by atoms with Gasteiger partial charge in [0.1, 0.15) is 23.1 Å². The second kappa shape index (κ2) is 6.52. The Bertz CT molecular complexity index is 1110. The van der Waals surface area contributed by atoms with Gasteiger partial charge < -0.3 is 9.84 Å². The molecular weight excluding hydrogens is 429 g/mol. The lowest BCUT2D eigenvalue weighted by molar-refractivity contribution is -0.0977. The molecule has 0 radical (unpaired) electrons. The predicted octanol–water partition coefficient (Wildman–Crippen LogP) is 5.47. The molecule has 0 saturated heterocycles. The van der Waals surface area contributed by atoms with Crippen LogP contribution in [0.3, 0.4) is 0 Å². The van der Waals surface area contributed by atoms with Crippen molar-refractivity contribution in [1.82, 2.24) is 10.2 Å². The van der Waals surface area contributed by atoms with Crippen molar-refractivity contribution in [2.75, 3.05) is 0 Å². The monoisotopic (exact) mass is 438 g/mol. The Labute approximate surface area is 161 Å². The van der Waals surface area contributed by atoms with Crippen LogP contribution in [0.25, 0.3) is 10.9 Å². The zero-order valence-electron chi connectivity index (χ0n) is 14.0. The Kier molecular flexibility index (Phi) is 4.46. The van der Waals surface area contributed by atoms with E-state index in [1.165, 1.54) is 0 Å². The van der Waals surface area contributed by atoms with Gasteiger partial charge in [-0.05, 0) is 23.9 Å². The molecule has 1 heterocycles. The van der Waals surface area contributed by atoms with Crippen molar-refractivity contribution >= 4 is 22.7 Å². The number of hydrogen-bond acceptors (Lipinski definition) is 4. The third-order valence-corrected chi connectivity index (χ3v) is 5.20. The van der Waals surface area contributed by atoms with E-state index in [1.807, 2.05) is 0 Å². The van der Waals surface area contributed by atoms with Crippen LogP contribution in [0.2, 0.25) is 0 Å². The molecule has 0 spiro atoms. The molecule has 0 amide bonds. The van der Waals surface area contributed by atoms with Gasteiger partial charge in [0.25, 0.3) is 5.92 Å². The second-order valence-electron chi connectivity index (χ2n) is 6.27. The van der Waals surface area contributed by atoms with Crippen LogP contribution < -0.4 is 4.74 Å². The second-order valence-corrected chi connectivity index (χ2v) is 7.38. The average molecular weight is 438 g/mol. The van der Waals surface area contributed by atoms with E-state index in [4.69, 9.17) is 4.74 Å². The average Bonchev–Trinajstić information content (AvgIpc) is 3.18. The number of nitrogens with one attached hydrogen (secondary N) is 1.